The van der Waals surface area contributed by atoms with Gasteiger partial charge in [0, 0.05) is 6.42 Å². The van der Waals surface area contributed by atoms with Crippen LogP contribution in [0.4, 0.5) is 8.78 Å². The van der Waals surface area contributed by atoms with E-state index < -0.39 is 17.4 Å². The first-order chi connectivity index (χ1) is 7.15. The monoisotopic (exact) mass is 214 g/mol. The van der Waals surface area contributed by atoms with Crippen LogP contribution in [0.2, 0.25) is 0 Å². The van der Waals surface area contributed by atoms with E-state index in [1.807, 2.05) is 6.92 Å². The van der Waals surface area contributed by atoms with E-state index in [1.54, 1.807) is 0 Å². The van der Waals surface area contributed by atoms with E-state index in [0.29, 0.717) is 12.8 Å². The molecule has 0 aliphatic carbocycles. The summed E-state index contributed by atoms with van der Waals surface area (Å²) in [5, 5.41) is 0. The fourth-order valence-electron chi connectivity index (χ4n) is 1.12. The van der Waals surface area contributed by atoms with Crippen molar-refractivity contribution in [3.63, 3.8) is 0 Å². The van der Waals surface area contributed by atoms with Crippen molar-refractivity contribution < 1.29 is 18.3 Å². The zero-order valence-electron chi connectivity index (χ0n) is 8.43. The van der Waals surface area contributed by atoms with Crippen LogP contribution in [0, 0.1) is 11.6 Å². The first-order valence-electron chi connectivity index (χ1n) is 4.73. The van der Waals surface area contributed by atoms with E-state index in [1.165, 1.54) is 6.07 Å². The van der Waals surface area contributed by atoms with Crippen LogP contribution >= 0.6 is 0 Å². The Hall–Kier alpha value is -1.45. The minimum absolute atomic E-state index is 0.167. The summed E-state index contributed by atoms with van der Waals surface area (Å²) < 4.78 is 30.8. The van der Waals surface area contributed by atoms with Crippen molar-refractivity contribution in [3.05, 3.63) is 29.8 Å². The number of carbonyl (C=O) groups excluding carboxylic acids is 1. The van der Waals surface area contributed by atoms with Gasteiger partial charge in [-0.1, -0.05) is 13.0 Å². The van der Waals surface area contributed by atoms with Gasteiger partial charge < -0.3 is 4.74 Å². The summed E-state index contributed by atoms with van der Waals surface area (Å²) in [6, 6.07) is 3.41. The minimum atomic E-state index is -0.792. The molecule has 1 rings (SSSR count). The Balaban J connectivity index is 2.61. The summed E-state index contributed by atoms with van der Waals surface area (Å²) in [5.41, 5.74) is 0. The highest BCUT2D eigenvalue weighted by Crippen LogP contribution is 2.20. The van der Waals surface area contributed by atoms with E-state index >= 15 is 0 Å². The van der Waals surface area contributed by atoms with Gasteiger partial charge in [0.15, 0.2) is 23.2 Å². The maximum Gasteiger partial charge on any atom is 0.191 e. The van der Waals surface area contributed by atoms with Crippen molar-refractivity contribution in [2.45, 2.75) is 19.8 Å². The zero-order chi connectivity index (χ0) is 11.3. The van der Waals surface area contributed by atoms with Gasteiger partial charge in [0.05, 0.1) is 0 Å². The van der Waals surface area contributed by atoms with Gasteiger partial charge in [0.1, 0.15) is 6.61 Å². The van der Waals surface area contributed by atoms with Crippen LogP contribution in [-0.4, -0.2) is 12.4 Å². The van der Waals surface area contributed by atoms with Crippen molar-refractivity contribution in [3.8, 4) is 5.75 Å². The second kappa shape index (κ2) is 5.44. The number of hydrogen-bond acceptors (Lipinski definition) is 2. The maximum atomic E-state index is 13.0. The molecule has 0 unspecified atom stereocenters. The van der Waals surface area contributed by atoms with Gasteiger partial charge >= 0.3 is 0 Å². The van der Waals surface area contributed by atoms with Crippen molar-refractivity contribution in [2.24, 2.45) is 0 Å². The number of benzene rings is 1. The minimum Gasteiger partial charge on any atom is -0.480 e. The molecule has 0 spiro atoms. The van der Waals surface area contributed by atoms with Gasteiger partial charge in [-0.05, 0) is 18.6 Å². The van der Waals surface area contributed by atoms with Crippen LogP contribution in [0.1, 0.15) is 19.8 Å². The molecule has 0 aromatic heterocycles. The van der Waals surface area contributed by atoms with E-state index in [2.05, 4.69) is 0 Å². The van der Waals surface area contributed by atoms with Crippen molar-refractivity contribution in [2.75, 3.05) is 6.61 Å². The number of Topliss-reactive ketones (excluding diaryl/α,β-unsaturated/α-hetero) is 1. The summed E-state index contributed by atoms with van der Waals surface area (Å²) >= 11 is 0. The number of hydrogen-bond donors (Lipinski definition) is 0. The van der Waals surface area contributed by atoms with Gasteiger partial charge in [-0.25, -0.2) is 8.78 Å². The smallest absolute Gasteiger partial charge is 0.191 e. The second-order valence-corrected chi connectivity index (χ2v) is 3.13. The number of para-hydroxylation sites is 1. The fraction of sp³-hybridized carbons (Fsp3) is 0.364. The Morgan fingerprint density at radius 1 is 1.33 bits per heavy atom. The van der Waals surface area contributed by atoms with E-state index in [4.69, 9.17) is 4.74 Å². The number of ketones is 1. The molecule has 0 radical (unpaired) electrons. The molecule has 1 aromatic carbocycles. The first-order valence-corrected chi connectivity index (χ1v) is 4.73. The molecule has 0 aliphatic rings. The molecular weight excluding hydrogens is 202 g/mol. The van der Waals surface area contributed by atoms with Crippen molar-refractivity contribution >= 4 is 5.78 Å². The lowest BCUT2D eigenvalue weighted by Crippen LogP contribution is -2.12. The number of halogens is 2. The lowest BCUT2D eigenvalue weighted by Gasteiger charge is -2.06. The highest BCUT2D eigenvalue weighted by molar-refractivity contribution is 5.79. The molecule has 15 heavy (non-hydrogen) atoms. The Bertz CT molecular complexity index is 330. The summed E-state index contributed by atoms with van der Waals surface area (Å²) in [7, 11) is 0. The highest BCUT2D eigenvalue weighted by Gasteiger charge is 2.11. The Morgan fingerprint density at radius 3 is 2.47 bits per heavy atom. The molecule has 1 aromatic rings. The Morgan fingerprint density at radius 2 is 1.93 bits per heavy atom. The largest absolute Gasteiger partial charge is 0.480 e. The average Bonchev–Trinajstić information content (AvgIpc) is 2.17. The molecule has 0 aliphatic heterocycles. The standard InChI is InChI=1S/C11H12F2O2/c1-2-4-8(14)7-15-11-9(12)5-3-6-10(11)13/h3,5-6H,2,4,7H2,1H3. The molecule has 0 saturated carbocycles. The predicted molar refractivity (Wildman–Crippen MR) is 51.8 cm³/mol. The molecule has 2 nitrogen and oxygen atoms in total. The summed E-state index contributed by atoms with van der Waals surface area (Å²) in [6.07, 6.45) is 1.05. The van der Waals surface area contributed by atoms with Crippen LogP contribution < -0.4 is 4.74 Å². The van der Waals surface area contributed by atoms with Gasteiger partial charge in [-0.2, -0.15) is 0 Å². The Labute approximate surface area is 86.9 Å². The number of ether oxygens (including phenoxy) is 1. The molecule has 0 amide bonds. The van der Waals surface area contributed by atoms with E-state index in [9.17, 15) is 13.6 Å². The number of rotatable bonds is 5. The lowest BCUT2D eigenvalue weighted by atomic mass is 10.2. The van der Waals surface area contributed by atoms with Crippen LogP contribution in [0.25, 0.3) is 0 Å². The summed E-state index contributed by atoms with van der Waals surface area (Å²) in [4.78, 5) is 11.1. The quantitative estimate of drug-likeness (QED) is 0.753. The number of carbonyl (C=O) groups is 1. The topological polar surface area (TPSA) is 26.3 Å². The summed E-state index contributed by atoms with van der Waals surface area (Å²) in [6.45, 7) is 1.56. The fourth-order valence-corrected chi connectivity index (χ4v) is 1.12. The van der Waals surface area contributed by atoms with Crippen LogP contribution in [0.15, 0.2) is 18.2 Å². The van der Waals surface area contributed by atoms with Crippen LogP contribution in [0.5, 0.6) is 5.75 Å². The molecule has 0 heterocycles. The molecule has 82 valence electrons. The van der Waals surface area contributed by atoms with Gasteiger partial charge in [-0.15, -0.1) is 0 Å². The van der Waals surface area contributed by atoms with Crippen molar-refractivity contribution in [1.82, 2.24) is 0 Å². The molecule has 0 N–H and O–H groups in total. The predicted octanol–water partition coefficient (Wildman–Crippen LogP) is 2.71. The average molecular weight is 214 g/mol. The zero-order valence-corrected chi connectivity index (χ0v) is 8.43. The third-order valence-electron chi connectivity index (χ3n) is 1.83. The molecule has 0 fully saturated rings. The second-order valence-electron chi connectivity index (χ2n) is 3.13. The third kappa shape index (κ3) is 3.31. The molecule has 0 saturated heterocycles. The normalized spacial score (nSPS) is 10.1. The lowest BCUT2D eigenvalue weighted by molar-refractivity contribution is -0.121. The molecule has 0 atom stereocenters. The summed E-state index contributed by atoms with van der Waals surface area (Å²) in [5.74, 6) is -2.24. The molecular formula is C11H12F2O2. The van der Waals surface area contributed by atoms with Crippen LogP contribution in [-0.2, 0) is 4.79 Å². The highest BCUT2D eigenvalue weighted by atomic mass is 19.1. The maximum absolute atomic E-state index is 13.0. The van der Waals surface area contributed by atoms with Gasteiger partial charge in [0.25, 0.3) is 0 Å². The van der Waals surface area contributed by atoms with Gasteiger partial charge in [0.2, 0.25) is 0 Å². The molecule has 4 heteroatoms. The van der Waals surface area contributed by atoms with E-state index in [-0.39, 0.29) is 12.4 Å². The third-order valence-corrected chi connectivity index (χ3v) is 1.83. The van der Waals surface area contributed by atoms with Crippen LogP contribution in [0.3, 0.4) is 0 Å². The SMILES string of the molecule is CCCC(=O)COc1c(F)cccc1F. The Kier molecular flexibility index (Phi) is 4.21. The van der Waals surface area contributed by atoms with E-state index in [0.717, 1.165) is 12.1 Å². The van der Waals surface area contributed by atoms with Gasteiger partial charge in [-0.3, -0.25) is 4.79 Å². The van der Waals surface area contributed by atoms with Crippen molar-refractivity contribution in [1.29, 1.82) is 0 Å². The first kappa shape index (κ1) is 11.6. The molecule has 0 bridgehead atoms.